The lowest BCUT2D eigenvalue weighted by Crippen LogP contribution is -2.35. The number of carbonyl (C=O) groups is 1. The van der Waals surface area contributed by atoms with Gasteiger partial charge in [-0.15, -0.1) is 0 Å². The van der Waals surface area contributed by atoms with Gasteiger partial charge in [0.1, 0.15) is 5.82 Å². The Morgan fingerprint density at radius 1 is 1.19 bits per heavy atom. The summed E-state index contributed by atoms with van der Waals surface area (Å²) < 4.78 is 14.1. The van der Waals surface area contributed by atoms with E-state index in [9.17, 15) is 9.18 Å². The zero-order valence-corrected chi connectivity index (χ0v) is 13.4. The Balaban J connectivity index is 1.86. The van der Waals surface area contributed by atoms with E-state index in [-0.39, 0.29) is 24.2 Å². The van der Waals surface area contributed by atoms with E-state index in [1.165, 1.54) is 12.1 Å². The Hall–Kier alpha value is -1.68. The van der Waals surface area contributed by atoms with Gasteiger partial charge in [0.25, 0.3) is 0 Å². The van der Waals surface area contributed by atoms with Crippen LogP contribution in [0.4, 0.5) is 4.39 Å². The van der Waals surface area contributed by atoms with E-state index < -0.39 is 0 Å². The van der Waals surface area contributed by atoms with Gasteiger partial charge in [-0.05, 0) is 48.7 Å². The minimum absolute atomic E-state index is 0.0345. The third-order valence-corrected chi connectivity index (χ3v) is 3.64. The minimum Gasteiger partial charge on any atom is -0.353 e. The molecule has 1 atom stereocenters. The van der Waals surface area contributed by atoms with Crippen LogP contribution in [0.1, 0.15) is 18.1 Å². The molecular weight excluding hydrogens is 333 g/mol. The van der Waals surface area contributed by atoms with Crippen LogP contribution < -0.4 is 5.32 Å². The van der Waals surface area contributed by atoms with E-state index in [2.05, 4.69) is 21.2 Å². The van der Waals surface area contributed by atoms with E-state index >= 15 is 0 Å². The van der Waals surface area contributed by atoms with Gasteiger partial charge in [-0.25, -0.2) is 4.39 Å². The topological polar surface area (TPSA) is 29.1 Å². The monoisotopic (exact) mass is 349 g/mol. The van der Waals surface area contributed by atoms with Gasteiger partial charge in [-0.1, -0.05) is 40.2 Å². The van der Waals surface area contributed by atoms with Gasteiger partial charge in [-0.2, -0.15) is 0 Å². The van der Waals surface area contributed by atoms with Crippen LogP contribution in [-0.4, -0.2) is 11.9 Å². The van der Waals surface area contributed by atoms with Gasteiger partial charge in [-0.3, -0.25) is 4.79 Å². The average molecular weight is 350 g/mol. The molecule has 0 heterocycles. The summed E-state index contributed by atoms with van der Waals surface area (Å²) in [5.41, 5.74) is 1.85. The van der Waals surface area contributed by atoms with Crippen LogP contribution in [0.2, 0.25) is 0 Å². The van der Waals surface area contributed by atoms with Gasteiger partial charge in [0, 0.05) is 10.5 Å². The van der Waals surface area contributed by atoms with Crippen molar-refractivity contribution < 1.29 is 9.18 Å². The number of halogens is 2. The summed E-state index contributed by atoms with van der Waals surface area (Å²) in [5.74, 6) is -0.409. The Morgan fingerprint density at radius 2 is 1.90 bits per heavy atom. The second-order valence-electron chi connectivity index (χ2n) is 5.11. The number of benzene rings is 2. The standard InChI is InChI=1S/C17H17BrFNO/c1-12(9-13-5-7-15(18)8-6-13)20-17(21)11-14-3-2-4-16(19)10-14/h2-8,10,12H,9,11H2,1H3,(H,20,21). The maximum atomic E-state index is 13.1. The molecule has 0 aliphatic carbocycles. The molecule has 0 aliphatic heterocycles. The molecule has 1 unspecified atom stereocenters. The first kappa shape index (κ1) is 15.7. The lowest BCUT2D eigenvalue weighted by molar-refractivity contribution is -0.121. The van der Waals surface area contributed by atoms with Crippen LogP contribution in [0.3, 0.4) is 0 Å². The fourth-order valence-electron chi connectivity index (χ4n) is 2.18. The molecule has 1 N–H and O–H groups in total. The third kappa shape index (κ3) is 5.31. The highest BCUT2D eigenvalue weighted by Crippen LogP contribution is 2.12. The number of hydrogen-bond donors (Lipinski definition) is 1. The van der Waals surface area contributed by atoms with E-state index in [0.717, 1.165) is 16.5 Å². The van der Waals surface area contributed by atoms with Crippen molar-refractivity contribution in [1.29, 1.82) is 0 Å². The van der Waals surface area contributed by atoms with Crippen molar-refractivity contribution in [3.63, 3.8) is 0 Å². The summed E-state index contributed by atoms with van der Waals surface area (Å²) >= 11 is 3.39. The molecule has 2 aromatic rings. The largest absolute Gasteiger partial charge is 0.353 e. The first-order chi connectivity index (χ1) is 10.0. The van der Waals surface area contributed by atoms with E-state index in [4.69, 9.17) is 0 Å². The molecule has 2 nitrogen and oxygen atoms in total. The second kappa shape index (κ2) is 7.36. The molecule has 1 amide bonds. The Kier molecular flexibility index (Phi) is 5.51. The Bertz CT molecular complexity index is 612. The highest BCUT2D eigenvalue weighted by molar-refractivity contribution is 9.10. The summed E-state index contributed by atoms with van der Waals surface area (Å²) in [6, 6.07) is 14.2. The molecule has 2 aromatic carbocycles. The van der Waals surface area contributed by atoms with Crippen molar-refractivity contribution in [3.8, 4) is 0 Å². The van der Waals surface area contributed by atoms with Gasteiger partial charge in [0.15, 0.2) is 0 Å². The average Bonchev–Trinajstić information content (AvgIpc) is 2.41. The van der Waals surface area contributed by atoms with Crippen LogP contribution in [0, 0.1) is 5.82 Å². The predicted octanol–water partition coefficient (Wildman–Crippen LogP) is 3.88. The van der Waals surface area contributed by atoms with Crippen molar-refractivity contribution in [1.82, 2.24) is 5.32 Å². The third-order valence-electron chi connectivity index (χ3n) is 3.12. The summed E-state index contributed by atoms with van der Waals surface area (Å²) in [6.07, 6.45) is 0.963. The molecule has 0 saturated carbocycles. The molecule has 2 rings (SSSR count). The van der Waals surface area contributed by atoms with Gasteiger partial charge in [0.05, 0.1) is 6.42 Å². The lowest BCUT2D eigenvalue weighted by atomic mass is 10.1. The molecule has 0 fully saturated rings. The summed E-state index contributed by atoms with van der Waals surface area (Å²) in [6.45, 7) is 1.96. The number of amides is 1. The fraction of sp³-hybridized carbons (Fsp3) is 0.235. The molecule has 0 aliphatic rings. The Morgan fingerprint density at radius 3 is 2.57 bits per heavy atom. The zero-order chi connectivity index (χ0) is 15.2. The van der Waals surface area contributed by atoms with Gasteiger partial charge < -0.3 is 5.32 Å². The number of hydrogen-bond acceptors (Lipinski definition) is 1. The molecule has 110 valence electrons. The van der Waals surface area contributed by atoms with Gasteiger partial charge >= 0.3 is 0 Å². The first-order valence-corrected chi connectivity index (χ1v) is 7.60. The highest BCUT2D eigenvalue weighted by Gasteiger charge is 2.09. The maximum absolute atomic E-state index is 13.1. The van der Waals surface area contributed by atoms with Crippen molar-refractivity contribution in [2.45, 2.75) is 25.8 Å². The maximum Gasteiger partial charge on any atom is 0.224 e. The van der Waals surface area contributed by atoms with Crippen LogP contribution in [0.15, 0.2) is 53.0 Å². The highest BCUT2D eigenvalue weighted by atomic mass is 79.9. The summed E-state index contributed by atoms with van der Waals surface area (Å²) in [5, 5.41) is 2.94. The van der Waals surface area contributed by atoms with Crippen LogP contribution >= 0.6 is 15.9 Å². The molecule has 0 radical (unpaired) electrons. The number of carbonyl (C=O) groups excluding carboxylic acids is 1. The molecule has 0 bridgehead atoms. The molecule has 21 heavy (non-hydrogen) atoms. The van der Waals surface area contributed by atoms with E-state index in [0.29, 0.717) is 5.56 Å². The van der Waals surface area contributed by atoms with Crippen LogP contribution in [0.25, 0.3) is 0 Å². The molecular formula is C17H17BrFNO. The summed E-state index contributed by atoms with van der Waals surface area (Å²) in [4.78, 5) is 11.9. The van der Waals surface area contributed by atoms with Crippen molar-refractivity contribution >= 4 is 21.8 Å². The quantitative estimate of drug-likeness (QED) is 0.871. The first-order valence-electron chi connectivity index (χ1n) is 6.81. The minimum atomic E-state index is -0.316. The van der Waals surface area contributed by atoms with Crippen LogP contribution in [-0.2, 0) is 17.6 Å². The van der Waals surface area contributed by atoms with Crippen LogP contribution in [0.5, 0.6) is 0 Å². The van der Waals surface area contributed by atoms with E-state index in [1.54, 1.807) is 12.1 Å². The Labute approximate surface area is 132 Å². The summed E-state index contributed by atoms with van der Waals surface area (Å²) in [7, 11) is 0. The van der Waals surface area contributed by atoms with Crippen molar-refractivity contribution in [2.24, 2.45) is 0 Å². The number of rotatable bonds is 5. The number of nitrogens with one attached hydrogen (secondary N) is 1. The smallest absolute Gasteiger partial charge is 0.224 e. The van der Waals surface area contributed by atoms with Crippen molar-refractivity contribution in [2.75, 3.05) is 0 Å². The molecule has 0 saturated heterocycles. The second-order valence-corrected chi connectivity index (χ2v) is 6.02. The molecule has 0 aromatic heterocycles. The van der Waals surface area contributed by atoms with E-state index in [1.807, 2.05) is 31.2 Å². The van der Waals surface area contributed by atoms with Gasteiger partial charge in [0.2, 0.25) is 5.91 Å². The fourth-order valence-corrected chi connectivity index (χ4v) is 2.45. The predicted molar refractivity (Wildman–Crippen MR) is 85.6 cm³/mol. The SMILES string of the molecule is CC(Cc1ccc(Br)cc1)NC(=O)Cc1cccc(F)c1. The van der Waals surface area contributed by atoms with Crippen molar-refractivity contribution in [3.05, 3.63) is 69.9 Å². The molecule has 4 heteroatoms. The zero-order valence-electron chi connectivity index (χ0n) is 11.8. The molecule has 0 spiro atoms. The normalized spacial score (nSPS) is 12.0. The lowest BCUT2D eigenvalue weighted by Gasteiger charge is -2.14.